The van der Waals surface area contributed by atoms with Crippen LogP contribution in [0.25, 0.3) is 6.08 Å². The zero-order chi connectivity index (χ0) is 26.0. The van der Waals surface area contributed by atoms with Crippen LogP contribution in [-0.4, -0.2) is 34.8 Å². The van der Waals surface area contributed by atoms with E-state index in [0.717, 1.165) is 11.1 Å². The van der Waals surface area contributed by atoms with Crippen LogP contribution in [-0.2, 0) is 14.3 Å². The van der Waals surface area contributed by atoms with E-state index < -0.39 is 24.6 Å². The smallest absolute Gasteiger partial charge is 0.341 e. The molecule has 0 unspecified atom stereocenters. The first-order valence-corrected chi connectivity index (χ1v) is 12.7. The molecule has 10 heteroatoms. The van der Waals surface area contributed by atoms with Gasteiger partial charge in [-0.25, -0.2) is 14.6 Å². The molecule has 8 nitrogen and oxygen atoms in total. The van der Waals surface area contributed by atoms with Gasteiger partial charge in [-0.1, -0.05) is 47.2 Å². The van der Waals surface area contributed by atoms with Crippen LogP contribution in [0, 0.1) is 6.92 Å². The van der Waals surface area contributed by atoms with Gasteiger partial charge in [-0.2, -0.15) is 0 Å². The Morgan fingerprint density at radius 2 is 1.92 bits per heavy atom. The van der Waals surface area contributed by atoms with Gasteiger partial charge in [0.1, 0.15) is 5.75 Å². The molecule has 0 saturated heterocycles. The van der Waals surface area contributed by atoms with Crippen LogP contribution >= 0.6 is 27.3 Å². The van der Waals surface area contributed by atoms with Crippen LogP contribution in [0.1, 0.15) is 36.6 Å². The summed E-state index contributed by atoms with van der Waals surface area (Å²) in [5.74, 6) is -1.20. The molecule has 3 aromatic rings. The Labute approximate surface area is 219 Å². The van der Waals surface area contributed by atoms with Crippen molar-refractivity contribution < 1.29 is 24.2 Å². The third kappa shape index (κ3) is 5.19. The normalized spacial score (nSPS) is 15.3. The molecule has 0 bridgehead atoms. The van der Waals surface area contributed by atoms with Gasteiger partial charge in [-0.05, 0) is 66.0 Å². The molecule has 2 aromatic carbocycles. The predicted molar refractivity (Wildman–Crippen MR) is 139 cm³/mol. The van der Waals surface area contributed by atoms with Gasteiger partial charge in [-0.15, -0.1) is 0 Å². The van der Waals surface area contributed by atoms with Gasteiger partial charge < -0.3 is 14.6 Å². The maximum absolute atomic E-state index is 13.6. The molecular formula is C26H23BrN2O6S. The third-order valence-electron chi connectivity index (χ3n) is 5.51. The number of carbonyl (C=O) groups is 2. The molecule has 1 atom stereocenters. The van der Waals surface area contributed by atoms with Crippen LogP contribution < -0.4 is 19.6 Å². The molecule has 4 rings (SSSR count). The number of carbonyl (C=O) groups excluding carboxylic acids is 1. The molecule has 0 amide bonds. The molecule has 0 radical (unpaired) electrons. The Bertz CT molecular complexity index is 1550. The van der Waals surface area contributed by atoms with E-state index >= 15 is 0 Å². The number of nitrogens with zero attached hydrogens (tertiary/aromatic N) is 2. The lowest BCUT2D eigenvalue weighted by molar-refractivity contribution is -0.140. The lowest BCUT2D eigenvalue weighted by Gasteiger charge is -2.24. The lowest BCUT2D eigenvalue weighted by Crippen LogP contribution is -2.39. The first-order chi connectivity index (χ1) is 17.2. The Kier molecular flexibility index (Phi) is 7.56. The number of aliphatic carboxylic acids is 1. The number of esters is 1. The van der Waals surface area contributed by atoms with Gasteiger partial charge in [0, 0.05) is 0 Å². The van der Waals surface area contributed by atoms with Crippen LogP contribution in [0.15, 0.2) is 68.0 Å². The van der Waals surface area contributed by atoms with Crippen molar-refractivity contribution in [3.63, 3.8) is 0 Å². The fourth-order valence-electron chi connectivity index (χ4n) is 3.87. The number of halogens is 1. The van der Waals surface area contributed by atoms with E-state index in [9.17, 15) is 14.4 Å². The van der Waals surface area contributed by atoms with Crippen molar-refractivity contribution in [3.8, 4) is 5.75 Å². The van der Waals surface area contributed by atoms with E-state index in [0.29, 0.717) is 36.4 Å². The number of benzene rings is 2. The third-order valence-corrected chi connectivity index (χ3v) is 7.12. The summed E-state index contributed by atoms with van der Waals surface area (Å²) in [6.45, 7) is 5.20. The highest BCUT2D eigenvalue weighted by Crippen LogP contribution is 2.31. The SMILES string of the molecule is CCOC(=O)C1=C(C)N=c2s/c(=C/c3ccc(OCC(=O)O)c(Br)c3)c(=O)n2[C@H]1c1ccc(C)cc1. The highest BCUT2D eigenvalue weighted by Gasteiger charge is 2.33. The number of allylic oxidation sites excluding steroid dienone is 1. The molecule has 1 N–H and O–H groups in total. The van der Waals surface area contributed by atoms with E-state index in [4.69, 9.17) is 14.6 Å². The molecule has 186 valence electrons. The van der Waals surface area contributed by atoms with Crippen molar-refractivity contribution in [1.29, 1.82) is 0 Å². The summed E-state index contributed by atoms with van der Waals surface area (Å²) >= 11 is 4.62. The van der Waals surface area contributed by atoms with Crippen molar-refractivity contribution in [2.45, 2.75) is 26.8 Å². The Balaban J connectivity index is 1.83. The van der Waals surface area contributed by atoms with Crippen molar-refractivity contribution in [3.05, 3.63) is 94.6 Å². The fraction of sp³-hybridized carbons (Fsp3) is 0.231. The van der Waals surface area contributed by atoms with Crippen molar-refractivity contribution in [1.82, 2.24) is 4.57 Å². The average Bonchev–Trinajstić information content (AvgIpc) is 3.12. The van der Waals surface area contributed by atoms with Crippen LogP contribution in [0.3, 0.4) is 0 Å². The zero-order valence-corrected chi connectivity index (χ0v) is 22.2. The number of carboxylic acids is 1. The summed E-state index contributed by atoms with van der Waals surface area (Å²) in [5, 5.41) is 8.82. The van der Waals surface area contributed by atoms with Crippen LogP contribution in [0.4, 0.5) is 0 Å². The largest absolute Gasteiger partial charge is 0.481 e. The maximum atomic E-state index is 13.6. The monoisotopic (exact) mass is 570 g/mol. The van der Waals surface area contributed by atoms with E-state index in [1.165, 1.54) is 11.3 Å². The Hall–Kier alpha value is -3.50. The van der Waals surface area contributed by atoms with E-state index in [-0.39, 0.29) is 12.2 Å². The standard InChI is InChI=1S/C26H23BrN2O6S/c1-4-34-25(33)22-15(3)28-26-29(23(22)17-8-5-14(2)6-9-17)24(32)20(36-26)12-16-7-10-19(18(27)11-16)35-13-21(30)31/h5-12,23H,4,13H2,1-3H3,(H,30,31)/b20-12+/t23-/m0/s1. The summed E-state index contributed by atoms with van der Waals surface area (Å²) in [7, 11) is 0. The lowest BCUT2D eigenvalue weighted by atomic mass is 9.95. The highest BCUT2D eigenvalue weighted by atomic mass is 79.9. The molecular weight excluding hydrogens is 548 g/mol. The number of hydrogen-bond acceptors (Lipinski definition) is 7. The minimum atomic E-state index is -1.08. The molecule has 1 aliphatic heterocycles. The number of thiazole rings is 1. The van der Waals surface area contributed by atoms with Crippen molar-refractivity contribution >= 4 is 45.3 Å². The van der Waals surface area contributed by atoms with Crippen molar-refractivity contribution in [2.75, 3.05) is 13.2 Å². The first kappa shape index (κ1) is 25.6. The van der Waals surface area contributed by atoms with Gasteiger partial charge in [0.05, 0.1) is 32.9 Å². The maximum Gasteiger partial charge on any atom is 0.341 e. The molecule has 1 aromatic heterocycles. The summed E-state index contributed by atoms with van der Waals surface area (Å²) < 4.78 is 13.1. The number of rotatable bonds is 7. The highest BCUT2D eigenvalue weighted by molar-refractivity contribution is 9.10. The number of carboxylic acid groups (broad SMARTS) is 1. The van der Waals surface area contributed by atoms with Gasteiger partial charge in [-0.3, -0.25) is 9.36 Å². The second-order valence-electron chi connectivity index (χ2n) is 8.09. The average molecular weight is 571 g/mol. The quantitative estimate of drug-likeness (QED) is 0.436. The van der Waals surface area contributed by atoms with E-state index in [1.807, 2.05) is 31.2 Å². The molecule has 2 heterocycles. The summed E-state index contributed by atoms with van der Waals surface area (Å²) in [6.07, 6.45) is 1.73. The van der Waals surface area contributed by atoms with Gasteiger partial charge in [0.25, 0.3) is 5.56 Å². The Morgan fingerprint density at radius 3 is 2.56 bits per heavy atom. The molecule has 0 aliphatic carbocycles. The molecule has 1 aliphatic rings. The molecule has 36 heavy (non-hydrogen) atoms. The summed E-state index contributed by atoms with van der Waals surface area (Å²) in [6, 6.07) is 12.1. The van der Waals surface area contributed by atoms with Crippen LogP contribution in [0.5, 0.6) is 5.75 Å². The number of aromatic nitrogens is 1. The van der Waals surface area contributed by atoms with Gasteiger partial charge >= 0.3 is 11.9 Å². The minimum absolute atomic E-state index is 0.210. The first-order valence-electron chi connectivity index (χ1n) is 11.1. The molecule has 0 fully saturated rings. The Morgan fingerprint density at radius 1 is 1.19 bits per heavy atom. The van der Waals surface area contributed by atoms with Crippen LogP contribution in [0.2, 0.25) is 0 Å². The number of hydrogen-bond donors (Lipinski definition) is 1. The van der Waals surface area contributed by atoms with E-state index in [1.54, 1.807) is 42.7 Å². The second-order valence-corrected chi connectivity index (χ2v) is 9.95. The number of ether oxygens (including phenoxy) is 2. The minimum Gasteiger partial charge on any atom is -0.481 e. The van der Waals surface area contributed by atoms with Gasteiger partial charge in [0.15, 0.2) is 11.4 Å². The van der Waals surface area contributed by atoms with Crippen molar-refractivity contribution in [2.24, 2.45) is 4.99 Å². The molecule has 0 saturated carbocycles. The summed E-state index contributed by atoms with van der Waals surface area (Å²) in [5.41, 5.74) is 3.12. The second kappa shape index (κ2) is 10.6. The number of fused-ring (bicyclic) bond motifs is 1. The van der Waals surface area contributed by atoms with Gasteiger partial charge in [0.2, 0.25) is 0 Å². The van der Waals surface area contributed by atoms with E-state index in [2.05, 4.69) is 20.9 Å². The zero-order valence-electron chi connectivity index (χ0n) is 19.8. The predicted octanol–water partition coefficient (Wildman–Crippen LogP) is 3.33. The summed E-state index contributed by atoms with van der Waals surface area (Å²) in [4.78, 5) is 42.4. The fourth-order valence-corrected chi connectivity index (χ4v) is 5.43. The molecule has 0 spiro atoms. The number of aryl methyl sites for hydroxylation is 1. The topological polar surface area (TPSA) is 107 Å².